The first-order valence-electron chi connectivity index (χ1n) is 7.53. The summed E-state index contributed by atoms with van der Waals surface area (Å²) in [5.41, 5.74) is 1.75. The van der Waals surface area contributed by atoms with Crippen molar-refractivity contribution in [3.05, 3.63) is 22.2 Å². The van der Waals surface area contributed by atoms with Crippen LogP contribution in [0.25, 0.3) is 10.2 Å². The molecule has 0 spiro atoms. The predicted molar refractivity (Wildman–Crippen MR) is 89.2 cm³/mol. The second-order valence-corrected chi connectivity index (χ2v) is 7.95. The number of aromatic nitrogens is 1. The molecule has 2 aromatic heterocycles. The number of amides is 1. The Kier molecular flexibility index (Phi) is 4.02. The molecule has 0 unspecified atom stereocenters. The van der Waals surface area contributed by atoms with Crippen molar-refractivity contribution in [2.75, 3.05) is 0 Å². The van der Waals surface area contributed by atoms with Gasteiger partial charge in [-0.25, -0.2) is 0 Å². The molecule has 3 rings (SSSR count). The van der Waals surface area contributed by atoms with Crippen molar-refractivity contribution < 1.29 is 4.79 Å². The normalized spacial score (nSPS) is 26.2. The summed E-state index contributed by atoms with van der Waals surface area (Å²) in [6.07, 6.45) is 3.56. The van der Waals surface area contributed by atoms with Gasteiger partial charge in [0.2, 0.25) is 0 Å². The van der Waals surface area contributed by atoms with Gasteiger partial charge in [-0.05, 0) is 30.4 Å². The Hall–Kier alpha value is -1.00. The monoisotopic (exact) mass is 324 g/mol. The van der Waals surface area contributed by atoms with E-state index in [1.165, 1.54) is 24.2 Å². The first kappa shape index (κ1) is 14.9. The molecule has 5 heteroatoms. The minimum Gasteiger partial charge on any atom is -0.348 e. The molecule has 0 radical (unpaired) electrons. The van der Waals surface area contributed by atoms with Gasteiger partial charge in [0.05, 0.1) is 14.6 Å². The number of carbonyl (C=O) groups is 1. The summed E-state index contributed by atoms with van der Waals surface area (Å²) >= 11 is 7.54. The van der Waals surface area contributed by atoms with E-state index in [4.69, 9.17) is 11.6 Å². The van der Waals surface area contributed by atoms with E-state index in [0.29, 0.717) is 11.8 Å². The van der Waals surface area contributed by atoms with Crippen LogP contribution in [0.4, 0.5) is 0 Å². The number of rotatable bonds is 2. The molecule has 0 saturated heterocycles. The first-order valence-corrected chi connectivity index (χ1v) is 8.72. The second-order valence-electron chi connectivity index (χ2n) is 6.24. The van der Waals surface area contributed by atoms with Crippen LogP contribution in [0.2, 0.25) is 4.34 Å². The predicted octanol–water partition coefficient (Wildman–Crippen LogP) is 4.45. The number of fused-ring (bicyclic) bond motifs is 1. The third-order valence-corrected chi connectivity index (χ3v) is 6.16. The van der Waals surface area contributed by atoms with Crippen LogP contribution in [0, 0.1) is 11.8 Å². The molecule has 1 aliphatic rings. The van der Waals surface area contributed by atoms with Crippen molar-refractivity contribution in [3.63, 3.8) is 0 Å². The van der Waals surface area contributed by atoms with Gasteiger partial charge in [0, 0.05) is 13.1 Å². The maximum atomic E-state index is 12.6. The lowest BCUT2D eigenvalue weighted by Crippen LogP contribution is -2.44. The van der Waals surface area contributed by atoms with Crippen LogP contribution in [0.3, 0.4) is 0 Å². The summed E-state index contributed by atoms with van der Waals surface area (Å²) in [5.74, 6) is 1.25. The molecule has 3 atom stereocenters. The van der Waals surface area contributed by atoms with E-state index in [1.54, 1.807) is 0 Å². The smallest absolute Gasteiger partial charge is 0.268 e. The van der Waals surface area contributed by atoms with Gasteiger partial charge in [0.15, 0.2) is 0 Å². The van der Waals surface area contributed by atoms with Crippen molar-refractivity contribution in [1.29, 1.82) is 0 Å². The molecule has 0 aliphatic heterocycles. The Morgan fingerprint density at radius 3 is 2.86 bits per heavy atom. The second kappa shape index (κ2) is 5.65. The van der Waals surface area contributed by atoms with Crippen LogP contribution in [0.1, 0.15) is 43.6 Å². The highest BCUT2D eigenvalue weighted by molar-refractivity contribution is 7.22. The van der Waals surface area contributed by atoms with Crippen molar-refractivity contribution >= 4 is 39.1 Å². The lowest BCUT2D eigenvalue weighted by atomic mass is 9.78. The molecule has 1 fully saturated rings. The molecule has 1 N–H and O–H groups in total. The number of halogens is 1. The number of carbonyl (C=O) groups excluding carboxylic acids is 1. The molecule has 1 amide bonds. The van der Waals surface area contributed by atoms with E-state index in [0.717, 1.165) is 26.7 Å². The quantitative estimate of drug-likeness (QED) is 0.870. The van der Waals surface area contributed by atoms with Gasteiger partial charge < -0.3 is 9.88 Å². The van der Waals surface area contributed by atoms with E-state index in [-0.39, 0.29) is 11.9 Å². The van der Waals surface area contributed by atoms with E-state index in [2.05, 4.69) is 19.2 Å². The molecule has 114 valence electrons. The summed E-state index contributed by atoms with van der Waals surface area (Å²) in [6.45, 7) is 4.53. The molecule has 21 heavy (non-hydrogen) atoms. The maximum Gasteiger partial charge on any atom is 0.268 e. The van der Waals surface area contributed by atoms with Crippen molar-refractivity contribution in [2.24, 2.45) is 18.9 Å². The van der Waals surface area contributed by atoms with Crippen molar-refractivity contribution in [1.82, 2.24) is 9.88 Å². The average molecular weight is 325 g/mol. The molecule has 0 aromatic carbocycles. The molecular weight excluding hydrogens is 304 g/mol. The fraction of sp³-hybridized carbons (Fsp3) is 0.562. The molecule has 1 aliphatic carbocycles. The number of nitrogens with zero attached hydrogens (tertiary/aromatic N) is 1. The van der Waals surface area contributed by atoms with Crippen LogP contribution in [0.15, 0.2) is 12.1 Å². The zero-order valence-corrected chi connectivity index (χ0v) is 14.2. The van der Waals surface area contributed by atoms with Gasteiger partial charge in [-0.2, -0.15) is 0 Å². The lowest BCUT2D eigenvalue weighted by Gasteiger charge is -2.34. The van der Waals surface area contributed by atoms with Gasteiger partial charge in [-0.3, -0.25) is 4.79 Å². The summed E-state index contributed by atoms with van der Waals surface area (Å²) in [4.78, 5) is 12.6. The minimum absolute atomic E-state index is 0.0305. The molecule has 2 heterocycles. The largest absolute Gasteiger partial charge is 0.348 e. The van der Waals surface area contributed by atoms with E-state index < -0.39 is 0 Å². The van der Waals surface area contributed by atoms with Gasteiger partial charge >= 0.3 is 0 Å². The first-order chi connectivity index (χ1) is 9.97. The van der Waals surface area contributed by atoms with Gasteiger partial charge in [0.1, 0.15) is 5.69 Å². The van der Waals surface area contributed by atoms with E-state index in [9.17, 15) is 4.79 Å². The molecule has 0 bridgehead atoms. The standard InChI is InChI=1S/C16H21ClN2OS/c1-9-5-4-6-11(10(9)2)18-16(20)13-7-14-12(19(13)3)8-15(17)21-14/h7-11H,4-6H2,1-3H3,(H,18,20)/t9-,10-,11-/m1/s1. The van der Waals surface area contributed by atoms with Crippen LogP contribution in [-0.2, 0) is 7.05 Å². The molecule has 1 saturated carbocycles. The highest BCUT2D eigenvalue weighted by atomic mass is 35.5. The minimum atomic E-state index is 0.0305. The summed E-state index contributed by atoms with van der Waals surface area (Å²) in [6, 6.07) is 4.15. The molecule has 3 nitrogen and oxygen atoms in total. The lowest BCUT2D eigenvalue weighted by molar-refractivity contribution is 0.0883. The fourth-order valence-electron chi connectivity index (χ4n) is 3.33. The summed E-state index contributed by atoms with van der Waals surface area (Å²) < 4.78 is 3.76. The molecular formula is C16H21ClN2OS. The summed E-state index contributed by atoms with van der Waals surface area (Å²) in [7, 11) is 1.92. The van der Waals surface area contributed by atoms with Crippen molar-refractivity contribution in [3.8, 4) is 0 Å². The number of aryl methyl sites for hydroxylation is 1. The topological polar surface area (TPSA) is 34.0 Å². The Labute approximate surface area is 134 Å². The Morgan fingerprint density at radius 2 is 2.14 bits per heavy atom. The number of nitrogens with one attached hydrogen (secondary N) is 1. The molecule has 2 aromatic rings. The highest BCUT2D eigenvalue weighted by Crippen LogP contribution is 2.32. The number of thiophene rings is 1. The van der Waals surface area contributed by atoms with Crippen LogP contribution >= 0.6 is 22.9 Å². The Morgan fingerprint density at radius 1 is 1.38 bits per heavy atom. The van der Waals surface area contributed by atoms with Crippen molar-refractivity contribution in [2.45, 2.75) is 39.2 Å². The Bertz CT molecular complexity index is 675. The van der Waals surface area contributed by atoms with Crippen LogP contribution in [-0.4, -0.2) is 16.5 Å². The van der Waals surface area contributed by atoms with Gasteiger partial charge in [0.25, 0.3) is 5.91 Å². The average Bonchev–Trinajstić information content (AvgIpc) is 2.93. The van der Waals surface area contributed by atoms with E-state index >= 15 is 0 Å². The highest BCUT2D eigenvalue weighted by Gasteiger charge is 2.29. The third-order valence-electron chi connectivity index (χ3n) is 4.96. The SMILES string of the molecule is C[C@@H]1[C@H](C)CCC[C@H]1NC(=O)c1cc2sc(Cl)cc2n1C. The number of hydrogen-bond donors (Lipinski definition) is 1. The zero-order chi connectivity index (χ0) is 15.1. The van der Waals surface area contributed by atoms with E-state index in [1.807, 2.05) is 23.7 Å². The van der Waals surface area contributed by atoms with Crippen LogP contribution < -0.4 is 5.32 Å². The van der Waals surface area contributed by atoms with Gasteiger partial charge in [-0.15, -0.1) is 11.3 Å². The fourth-order valence-corrected chi connectivity index (χ4v) is 4.53. The maximum absolute atomic E-state index is 12.6. The summed E-state index contributed by atoms with van der Waals surface area (Å²) in [5, 5.41) is 3.23. The van der Waals surface area contributed by atoms with Crippen LogP contribution in [0.5, 0.6) is 0 Å². The van der Waals surface area contributed by atoms with Gasteiger partial charge in [-0.1, -0.05) is 38.3 Å². The number of hydrogen-bond acceptors (Lipinski definition) is 2. The Balaban J connectivity index is 1.80. The third kappa shape index (κ3) is 2.71. The zero-order valence-electron chi connectivity index (χ0n) is 12.6.